The van der Waals surface area contributed by atoms with Gasteiger partial charge in [0.25, 0.3) is 5.56 Å². The van der Waals surface area contributed by atoms with Gasteiger partial charge in [-0.15, -0.1) is 6.42 Å². The number of terminal acetylenes is 1. The molecule has 0 fully saturated rings. The van der Waals surface area contributed by atoms with Crippen molar-refractivity contribution < 1.29 is 0 Å². The van der Waals surface area contributed by atoms with Gasteiger partial charge in [-0.05, 0) is 13.0 Å². The minimum Gasteiger partial charge on any atom is -0.330 e. The molecule has 1 aromatic heterocycles. The normalized spacial score (nSPS) is 9.87. The Morgan fingerprint density at radius 3 is 2.80 bits per heavy atom. The minimum absolute atomic E-state index is 0.168. The Hall–Kier alpha value is -1.80. The molecule has 0 amide bonds. The number of aromatic nitrogens is 2. The molecule has 0 aliphatic heterocycles. The molecule has 15 heavy (non-hydrogen) atoms. The third kappa shape index (κ3) is 2.58. The van der Waals surface area contributed by atoms with Gasteiger partial charge in [-0.1, -0.05) is 5.92 Å². The van der Waals surface area contributed by atoms with Crippen LogP contribution in [0, 0.1) is 12.3 Å². The molecule has 0 aromatic carbocycles. The van der Waals surface area contributed by atoms with Gasteiger partial charge >= 0.3 is 5.69 Å². The maximum Gasteiger partial charge on any atom is 0.331 e. The zero-order valence-corrected chi connectivity index (χ0v) is 8.35. The van der Waals surface area contributed by atoms with Gasteiger partial charge in [-0.25, -0.2) is 4.79 Å². The predicted octanol–water partition coefficient (Wildman–Crippen LogP) is -1.01. The predicted molar refractivity (Wildman–Crippen MR) is 57.5 cm³/mol. The van der Waals surface area contributed by atoms with Crippen LogP contribution in [0.4, 0.5) is 0 Å². The molecule has 0 atom stereocenters. The van der Waals surface area contributed by atoms with Crippen LogP contribution in [-0.4, -0.2) is 15.7 Å². The summed E-state index contributed by atoms with van der Waals surface area (Å²) in [6, 6.07) is 1.33. The zero-order valence-electron chi connectivity index (χ0n) is 8.35. The molecule has 1 aromatic rings. The summed E-state index contributed by atoms with van der Waals surface area (Å²) in [5.41, 5.74) is 4.62. The Morgan fingerprint density at radius 2 is 2.20 bits per heavy atom. The lowest BCUT2D eigenvalue weighted by Crippen LogP contribution is -2.39. The van der Waals surface area contributed by atoms with Crippen molar-refractivity contribution in [3.05, 3.63) is 33.1 Å². The molecule has 1 rings (SSSR count). The summed E-state index contributed by atoms with van der Waals surface area (Å²) < 4.78 is 2.46. The van der Waals surface area contributed by atoms with Crippen LogP contribution in [-0.2, 0) is 13.1 Å². The fourth-order valence-electron chi connectivity index (χ4n) is 1.23. The van der Waals surface area contributed by atoms with Crippen molar-refractivity contribution in [2.45, 2.75) is 19.5 Å². The first-order valence-corrected chi connectivity index (χ1v) is 4.64. The highest BCUT2D eigenvalue weighted by atomic mass is 16.2. The Morgan fingerprint density at radius 1 is 1.47 bits per heavy atom. The first-order valence-electron chi connectivity index (χ1n) is 4.64. The minimum atomic E-state index is -0.381. The number of nitrogens with zero attached hydrogens (tertiary/aromatic N) is 2. The van der Waals surface area contributed by atoms with Crippen molar-refractivity contribution in [3.63, 3.8) is 0 Å². The van der Waals surface area contributed by atoms with E-state index in [-0.39, 0.29) is 17.8 Å². The molecule has 0 saturated carbocycles. The van der Waals surface area contributed by atoms with Gasteiger partial charge < -0.3 is 5.73 Å². The first kappa shape index (κ1) is 11.3. The SMILES string of the molecule is C#CCn1ccc(=O)n(CCCN)c1=O. The summed E-state index contributed by atoms with van der Waals surface area (Å²) in [6.07, 6.45) is 7.10. The van der Waals surface area contributed by atoms with Crippen molar-refractivity contribution in [2.75, 3.05) is 6.54 Å². The van der Waals surface area contributed by atoms with E-state index in [1.807, 2.05) is 0 Å². The lowest BCUT2D eigenvalue weighted by molar-refractivity contribution is 0.559. The summed E-state index contributed by atoms with van der Waals surface area (Å²) in [5, 5.41) is 0. The molecule has 2 N–H and O–H groups in total. The average molecular weight is 207 g/mol. The van der Waals surface area contributed by atoms with Crippen molar-refractivity contribution >= 4 is 0 Å². The Kier molecular flexibility index (Phi) is 3.89. The summed E-state index contributed by atoms with van der Waals surface area (Å²) in [5.74, 6) is 2.35. The third-order valence-corrected chi connectivity index (χ3v) is 1.99. The maximum absolute atomic E-state index is 11.7. The monoisotopic (exact) mass is 207 g/mol. The molecule has 80 valence electrons. The summed E-state index contributed by atoms with van der Waals surface area (Å²) in [6.45, 7) is 0.942. The highest BCUT2D eigenvalue weighted by molar-refractivity contribution is 4.92. The number of hydrogen-bond acceptors (Lipinski definition) is 3. The van der Waals surface area contributed by atoms with Crippen LogP contribution >= 0.6 is 0 Å². The van der Waals surface area contributed by atoms with Gasteiger partial charge in [0.15, 0.2) is 0 Å². The topological polar surface area (TPSA) is 70.0 Å². The average Bonchev–Trinajstić information content (AvgIpc) is 2.22. The molecule has 5 nitrogen and oxygen atoms in total. The molecular weight excluding hydrogens is 194 g/mol. The second-order valence-electron chi connectivity index (χ2n) is 3.06. The highest BCUT2D eigenvalue weighted by Gasteiger charge is 2.03. The Labute approximate surface area is 87.1 Å². The summed E-state index contributed by atoms with van der Waals surface area (Å²) in [7, 11) is 0. The van der Waals surface area contributed by atoms with Crippen molar-refractivity contribution in [1.29, 1.82) is 0 Å². The van der Waals surface area contributed by atoms with Gasteiger partial charge in [-0.3, -0.25) is 13.9 Å². The van der Waals surface area contributed by atoms with Gasteiger partial charge in [0.2, 0.25) is 0 Å². The quantitative estimate of drug-likeness (QED) is 0.643. The third-order valence-electron chi connectivity index (χ3n) is 1.99. The molecule has 0 bridgehead atoms. The van der Waals surface area contributed by atoms with E-state index < -0.39 is 0 Å². The lowest BCUT2D eigenvalue weighted by atomic mass is 10.4. The summed E-state index contributed by atoms with van der Waals surface area (Å²) >= 11 is 0. The van der Waals surface area contributed by atoms with Crippen LogP contribution in [0.3, 0.4) is 0 Å². The Balaban J connectivity index is 3.14. The number of hydrogen-bond donors (Lipinski definition) is 1. The molecule has 0 aliphatic carbocycles. The molecule has 0 spiro atoms. The van der Waals surface area contributed by atoms with E-state index in [4.69, 9.17) is 12.2 Å². The fourth-order valence-corrected chi connectivity index (χ4v) is 1.23. The Bertz CT molecular complexity index is 479. The van der Waals surface area contributed by atoms with Crippen LogP contribution < -0.4 is 17.0 Å². The van der Waals surface area contributed by atoms with Crippen molar-refractivity contribution in [2.24, 2.45) is 5.73 Å². The van der Waals surface area contributed by atoms with E-state index in [1.165, 1.54) is 16.8 Å². The van der Waals surface area contributed by atoms with E-state index in [9.17, 15) is 9.59 Å². The number of rotatable bonds is 4. The molecule has 0 saturated heterocycles. The number of nitrogens with two attached hydrogens (primary N) is 1. The van der Waals surface area contributed by atoms with E-state index in [1.54, 1.807) is 0 Å². The first-order chi connectivity index (χ1) is 7.20. The molecule has 1 heterocycles. The largest absolute Gasteiger partial charge is 0.331 e. The standard InChI is InChI=1S/C10H13N3O2/c1-2-6-12-8-4-9(14)13(10(12)15)7-3-5-11/h1,4,8H,3,5-7,11H2. The van der Waals surface area contributed by atoms with E-state index in [2.05, 4.69) is 5.92 Å². The van der Waals surface area contributed by atoms with Gasteiger partial charge in [0.05, 0.1) is 6.54 Å². The summed E-state index contributed by atoms with van der Waals surface area (Å²) in [4.78, 5) is 23.0. The van der Waals surface area contributed by atoms with Crippen LogP contribution in [0.2, 0.25) is 0 Å². The second kappa shape index (κ2) is 5.17. The van der Waals surface area contributed by atoms with Crippen LogP contribution in [0.1, 0.15) is 6.42 Å². The molecule has 0 unspecified atom stereocenters. The molecule has 5 heteroatoms. The van der Waals surface area contributed by atoms with Gasteiger partial charge in [0.1, 0.15) is 0 Å². The molecule has 0 radical (unpaired) electrons. The van der Waals surface area contributed by atoms with Crippen molar-refractivity contribution in [1.82, 2.24) is 9.13 Å². The fraction of sp³-hybridized carbons (Fsp3) is 0.400. The smallest absolute Gasteiger partial charge is 0.330 e. The van der Waals surface area contributed by atoms with Gasteiger partial charge in [-0.2, -0.15) is 0 Å². The molecular formula is C10H13N3O2. The van der Waals surface area contributed by atoms with E-state index >= 15 is 0 Å². The van der Waals surface area contributed by atoms with Crippen molar-refractivity contribution in [3.8, 4) is 12.3 Å². The molecule has 0 aliphatic rings. The van der Waals surface area contributed by atoms with E-state index in [0.717, 1.165) is 4.57 Å². The lowest BCUT2D eigenvalue weighted by Gasteiger charge is -2.06. The zero-order chi connectivity index (χ0) is 11.3. The highest BCUT2D eigenvalue weighted by Crippen LogP contribution is 1.81. The van der Waals surface area contributed by atoms with Crippen LogP contribution in [0.5, 0.6) is 0 Å². The van der Waals surface area contributed by atoms with E-state index in [0.29, 0.717) is 19.5 Å². The van der Waals surface area contributed by atoms with Crippen LogP contribution in [0.25, 0.3) is 0 Å². The van der Waals surface area contributed by atoms with Crippen LogP contribution in [0.15, 0.2) is 21.9 Å². The maximum atomic E-state index is 11.7. The second-order valence-corrected chi connectivity index (χ2v) is 3.06. The van der Waals surface area contributed by atoms with Gasteiger partial charge in [0, 0.05) is 18.8 Å².